The first-order valence-electron chi connectivity index (χ1n) is 16.0. The first kappa shape index (κ1) is 30.2. The summed E-state index contributed by atoms with van der Waals surface area (Å²) in [5.41, 5.74) is 5.68. The van der Waals surface area contributed by atoms with Crippen molar-refractivity contribution in [3.05, 3.63) is 103 Å². The number of hydrogen-bond acceptors (Lipinski definition) is 4. The molecule has 5 aromatic rings. The summed E-state index contributed by atoms with van der Waals surface area (Å²) in [6.07, 6.45) is 7.30. The van der Waals surface area contributed by atoms with Crippen LogP contribution in [0.5, 0.6) is 0 Å². The van der Waals surface area contributed by atoms with Crippen molar-refractivity contribution in [1.29, 1.82) is 0 Å². The van der Waals surface area contributed by atoms with E-state index < -0.39 is 11.2 Å². The molecule has 1 N–H and O–H groups in total. The van der Waals surface area contributed by atoms with E-state index in [4.69, 9.17) is 14.6 Å². The standard InChI is InChI=1S/C39H42BN2O2/c1-38(2,43)39(3,4)44-40-34-24-23-33(31-21-12-13-22-32(31)34)36-26-35(41-37(42-36)28-17-8-5-6-9-18-28)30-20-14-19-29(25-30)27-15-10-7-11-16-27/h7,10-16,19-26,28,43H,5-6,8-9,17-18H2,1-4H3. The van der Waals surface area contributed by atoms with E-state index in [-0.39, 0.29) is 0 Å². The Morgan fingerprint density at radius 1 is 0.659 bits per heavy atom. The van der Waals surface area contributed by atoms with Crippen LogP contribution in [0.15, 0.2) is 97.1 Å². The van der Waals surface area contributed by atoms with Crippen LogP contribution in [-0.4, -0.2) is 33.8 Å². The van der Waals surface area contributed by atoms with E-state index in [9.17, 15) is 5.11 Å². The van der Waals surface area contributed by atoms with Crippen LogP contribution in [-0.2, 0) is 4.65 Å². The van der Waals surface area contributed by atoms with Crippen molar-refractivity contribution in [3.63, 3.8) is 0 Å². The smallest absolute Gasteiger partial charge is 0.331 e. The fourth-order valence-corrected chi connectivity index (χ4v) is 5.96. The quantitative estimate of drug-likeness (QED) is 0.147. The molecule has 0 amide bonds. The average Bonchev–Trinajstić information content (AvgIpc) is 3.33. The van der Waals surface area contributed by atoms with Crippen molar-refractivity contribution < 1.29 is 9.76 Å². The fraction of sp³-hybridized carbons (Fsp3) is 0.333. The van der Waals surface area contributed by atoms with Gasteiger partial charge in [-0.25, -0.2) is 9.97 Å². The van der Waals surface area contributed by atoms with Crippen molar-refractivity contribution in [2.75, 3.05) is 0 Å². The van der Waals surface area contributed by atoms with Gasteiger partial charge in [0.1, 0.15) is 5.82 Å². The molecule has 4 nitrogen and oxygen atoms in total. The lowest BCUT2D eigenvalue weighted by Gasteiger charge is -2.37. The number of benzene rings is 4. The van der Waals surface area contributed by atoms with Crippen LogP contribution in [0.25, 0.3) is 44.4 Å². The van der Waals surface area contributed by atoms with Crippen LogP contribution < -0.4 is 5.46 Å². The molecule has 1 saturated carbocycles. The summed E-state index contributed by atoms with van der Waals surface area (Å²) in [6.45, 7) is 7.36. The van der Waals surface area contributed by atoms with Crippen molar-refractivity contribution in [2.24, 2.45) is 0 Å². The molecule has 0 bridgehead atoms. The SMILES string of the molecule is CC(C)(O)C(C)(C)O[B]c1ccc(-c2cc(-c3cccc(-c4ccccc4)c3)nc(C3CCCCCC3)n2)c2ccccc12. The molecule has 1 heterocycles. The van der Waals surface area contributed by atoms with Crippen molar-refractivity contribution in [3.8, 4) is 33.6 Å². The van der Waals surface area contributed by atoms with Gasteiger partial charge in [-0.05, 0) is 80.0 Å². The van der Waals surface area contributed by atoms with E-state index in [1.807, 2.05) is 13.8 Å². The minimum absolute atomic E-state index is 0.366. The summed E-state index contributed by atoms with van der Waals surface area (Å²) in [5, 5.41) is 12.8. The van der Waals surface area contributed by atoms with Gasteiger partial charge in [-0.3, -0.25) is 0 Å². The number of aliphatic hydroxyl groups is 1. The monoisotopic (exact) mass is 581 g/mol. The molecule has 1 radical (unpaired) electrons. The molecule has 4 aromatic carbocycles. The Labute approximate surface area is 262 Å². The van der Waals surface area contributed by atoms with Crippen LogP contribution in [0, 0.1) is 0 Å². The second-order valence-electron chi connectivity index (χ2n) is 13.2. The zero-order valence-electron chi connectivity index (χ0n) is 26.4. The van der Waals surface area contributed by atoms with Gasteiger partial charge < -0.3 is 9.76 Å². The Balaban J connectivity index is 1.45. The molecular formula is C39H42BN2O2. The van der Waals surface area contributed by atoms with Gasteiger partial charge in [0.05, 0.1) is 22.6 Å². The lowest BCUT2D eigenvalue weighted by Crippen LogP contribution is -2.49. The first-order valence-corrected chi connectivity index (χ1v) is 16.0. The molecule has 1 aromatic heterocycles. The minimum atomic E-state index is -0.997. The molecule has 6 rings (SSSR count). The predicted molar refractivity (Wildman–Crippen MR) is 183 cm³/mol. The van der Waals surface area contributed by atoms with E-state index >= 15 is 0 Å². The molecule has 0 atom stereocenters. The molecule has 0 spiro atoms. The molecule has 1 aliphatic carbocycles. The topological polar surface area (TPSA) is 55.2 Å². The molecule has 5 heteroatoms. The van der Waals surface area contributed by atoms with Gasteiger partial charge in [0.25, 0.3) is 0 Å². The molecule has 1 aliphatic rings. The van der Waals surface area contributed by atoms with Gasteiger partial charge in [0.15, 0.2) is 0 Å². The summed E-state index contributed by atoms with van der Waals surface area (Å²) in [5.74, 6) is 1.32. The number of nitrogens with zero attached hydrogens (tertiary/aromatic N) is 2. The van der Waals surface area contributed by atoms with Gasteiger partial charge in [-0.15, -0.1) is 0 Å². The zero-order valence-corrected chi connectivity index (χ0v) is 26.4. The second kappa shape index (κ2) is 12.7. The second-order valence-corrected chi connectivity index (χ2v) is 13.2. The maximum Gasteiger partial charge on any atom is 0.331 e. The lowest BCUT2D eigenvalue weighted by molar-refractivity contribution is -0.0893. The highest BCUT2D eigenvalue weighted by molar-refractivity contribution is 6.51. The summed E-state index contributed by atoms with van der Waals surface area (Å²) in [6, 6.07) is 34.0. The molecular weight excluding hydrogens is 539 g/mol. The first-order chi connectivity index (χ1) is 21.2. The molecule has 223 valence electrons. The van der Waals surface area contributed by atoms with Crippen molar-refractivity contribution in [2.45, 2.75) is 83.3 Å². The van der Waals surface area contributed by atoms with Crippen molar-refractivity contribution in [1.82, 2.24) is 9.97 Å². The van der Waals surface area contributed by atoms with Crippen LogP contribution in [0.1, 0.15) is 78.0 Å². The third-order valence-corrected chi connectivity index (χ3v) is 9.42. The van der Waals surface area contributed by atoms with Crippen LogP contribution in [0.2, 0.25) is 0 Å². The summed E-state index contributed by atoms with van der Waals surface area (Å²) in [4.78, 5) is 10.5. The molecule has 0 saturated heterocycles. The lowest BCUT2D eigenvalue weighted by atomic mass is 9.79. The number of aromatic nitrogens is 2. The van der Waals surface area contributed by atoms with Gasteiger partial charge in [-0.1, -0.05) is 111 Å². The maximum atomic E-state index is 10.6. The van der Waals surface area contributed by atoms with Gasteiger partial charge >= 0.3 is 7.48 Å². The Hall–Kier alpha value is -3.80. The van der Waals surface area contributed by atoms with Gasteiger partial charge in [-0.2, -0.15) is 0 Å². The average molecular weight is 582 g/mol. The minimum Gasteiger partial charge on any atom is -0.427 e. The normalized spacial score (nSPS) is 14.8. The highest BCUT2D eigenvalue weighted by Crippen LogP contribution is 2.35. The Bertz CT molecular complexity index is 1740. The predicted octanol–water partition coefficient (Wildman–Crippen LogP) is 8.88. The Kier molecular flexibility index (Phi) is 8.71. The molecule has 44 heavy (non-hydrogen) atoms. The maximum absolute atomic E-state index is 10.6. The zero-order chi connectivity index (χ0) is 30.7. The summed E-state index contributed by atoms with van der Waals surface area (Å²) < 4.78 is 6.17. The fourth-order valence-electron chi connectivity index (χ4n) is 5.96. The third-order valence-electron chi connectivity index (χ3n) is 9.42. The van der Waals surface area contributed by atoms with E-state index in [1.165, 1.54) is 36.8 Å². The third kappa shape index (κ3) is 6.50. The number of hydrogen-bond donors (Lipinski definition) is 1. The largest absolute Gasteiger partial charge is 0.427 e. The molecule has 1 fully saturated rings. The highest BCUT2D eigenvalue weighted by Gasteiger charge is 2.36. The summed E-state index contributed by atoms with van der Waals surface area (Å²) >= 11 is 0. The van der Waals surface area contributed by atoms with E-state index in [0.29, 0.717) is 5.92 Å². The van der Waals surface area contributed by atoms with Crippen LogP contribution in [0.4, 0.5) is 0 Å². The number of rotatable bonds is 8. The van der Waals surface area contributed by atoms with Gasteiger partial charge in [0.2, 0.25) is 0 Å². The Morgan fingerprint density at radius 2 is 1.30 bits per heavy atom. The van der Waals surface area contributed by atoms with E-state index in [2.05, 4.69) is 97.1 Å². The summed E-state index contributed by atoms with van der Waals surface area (Å²) in [7, 11) is 1.78. The van der Waals surface area contributed by atoms with Crippen LogP contribution >= 0.6 is 0 Å². The molecule has 0 unspecified atom stereocenters. The Morgan fingerprint density at radius 3 is 2.02 bits per heavy atom. The van der Waals surface area contributed by atoms with Gasteiger partial charge in [0, 0.05) is 17.0 Å². The van der Waals surface area contributed by atoms with Crippen LogP contribution in [0.3, 0.4) is 0 Å². The molecule has 0 aliphatic heterocycles. The highest BCUT2D eigenvalue weighted by atomic mass is 16.5. The van der Waals surface area contributed by atoms with E-state index in [0.717, 1.165) is 57.4 Å². The van der Waals surface area contributed by atoms with Crippen molar-refractivity contribution >= 4 is 23.7 Å². The number of fused-ring (bicyclic) bond motifs is 1. The van der Waals surface area contributed by atoms with E-state index in [1.54, 1.807) is 21.3 Å².